The van der Waals surface area contributed by atoms with E-state index in [9.17, 15) is 4.79 Å². The third-order valence-corrected chi connectivity index (χ3v) is 2.29. The molecule has 0 amide bonds. The molecule has 5 nitrogen and oxygen atoms in total. The number of halogens is 1. The molecule has 1 aromatic carbocycles. The van der Waals surface area contributed by atoms with E-state index in [0.717, 1.165) is 0 Å². The van der Waals surface area contributed by atoms with Crippen molar-refractivity contribution in [3.05, 3.63) is 36.2 Å². The van der Waals surface area contributed by atoms with E-state index in [0.29, 0.717) is 17.0 Å². The zero-order valence-electron chi connectivity index (χ0n) is 8.42. The Morgan fingerprint density at radius 1 is 1.50 bits per heavy atom. The van der Waals surface area contributed by atoms with Crippen LogP contribution in [-0.2, 0) is 0 Å². The van der Waals surface area contributed by atoms with Crippen molar-refractivity contribution in [2.24, 2.45) is 0 Å². The van der Waals surface area contributed by atoms with Gasteiger partial charge in [0.2, 0.25) is 0 Å². The van der Waals surface area contributed by atoms with Gasteiger partial charge in [-0.3, -0.25) is 4.79 Å². The van der Waals surface area contributed by atoms with Crippen LogP contribution in [0.3, 0.4) is 0 Å². The van der Waals surface area contributed by atoms with Crippen LogP contribution in [0.5, 0.6) is 5.75 Å². The maximum Gasteiger partial charge on any atom is 0.256 e. The van der Waals surface area contributed by atoms with Gasteiger partial charge in [0.05, 0.1) is 30.8 Å². The third kappa shape index (κ3) is 1.90. The van der Waals surface area contributed by atoms with Crippen LogP contribution in [0.2, 0.25) is 0 Å². The predicted octanol–water partition coefficient (Wildman–Crippen LogP) is 1.65. The van der Waals surface area contributed by atoms with E-state index in [1.54, 1.807) is 30.6 Å². The van der Waals surface area contributed by atoms with Crippen molar-refractivity contribution in [1.29, 1.82) is 0 Å². The van der Waals surface area contributed by atoms with E-state index in [1.807, 2.05) is 0 Å². The SMILES string of the molecule is COc1ccc(-n2ccnn2)cc1C(=O)Cl. The van der Waals surface area contributed by atoms with Crippen LogP contribution >= 0.6 is 11.6 Å². The van der Waals surface area contributed by atoms with E-state index in [4.69, 9.17) is 16.3 Å². The average molecular weight is 238 g/mol. The molecule has 0 radical (unpaired) electrons. The molecule has 0 aliphatic rings. The molecule has 2 rings (SSSR count). The van der Waals surface area contributed by atoms with Gasteiger partial charge >= 0.3 is 0 Å². The fraction of sp³-hybridized carbons (Fsp3) is 0.100. The van der Waals surface area contributed by atoms with Crippen LogP contribution in [0.15, 0.2) is 30.6 Å². The van der Waals surface area contributed by atoms with Crippen molar-refractivity contribution in [2.75, 3.05) is 7.11 Å². The Hall–Kier alpha value is -1.88. The number of methoxy groups -OCH3 is 1. The van der Waals surface area contributed by atoms with E-state index in [1.165, 1.54) is 11.8 Å². The summed E-state index contributed by atoms with van der Waals surface area (Å²) in [5.74, 6) is 0.434. The topological polar surface area (TPSA) is 57.0 Å². The van der Waals surface area contributed by atoms with Gasteiger partial charge < -0.3 is 4.74 Å². The molecule has 0 unspecified atom stereocenters. The normalized spacial score (nSPS) is 10.1. The highest BCUT2D eigenvalue weighted by Crippen LogP contribution is 2.23. The number of nitrogens with zero attached hydrogens (tertiary/aromatic N) is 3. The maximum absolute atomic E-state index is 11.2. The lowest BCUT2D eigenvalue weighted by Crippen LogP contribution is -2.00. The van der Waals surface area contributed by atoms with Crippen molar-refractivity contribution in [1.82, 2.24) is 15.0 Å². The van der Waals surface area contributed by atoms with Crippen molar-refractivity contribution in [3.8, 4) is 11.4 Å². The summed E-state index contributed by atoms with van der Waals surface area (Å²) in [6.07, 6.45) is 3.22. The minimum atomic E-state index is -0.571. The van der Waals surface area contributed by atoms with Gasteiger partial charge in [-0.2, -0.15) is 0 Å². The van der Waals surface area contributed by atoms with Gasteiger partial charge in [0.25, 0.3) is 5.24 Å². The Morgan fingerprint density at radius 3 is 2.88 bits per heavy atom. The summed E-state index contributed by atoms with van der Waals surface area (Å²) in [5.41, 5.74) is 1.000. The molecule has 0 atom stereocenters. The summed E-state index contributed by atoms with van der Waals surface area (Å²) in [6, 6.07) is 5.02. The molecule has 16 heavy (non-hydrogen) atoms. The molecule has 1 heterocycles. The molecule has 0 N–H and O–H groups in total. The van der Waals surface area contributed by atoms with Crippen LogP contribution < -0.4 is 4.74 Å². The maximum atomic E-state index is 11.2. The molecule has 0 fully saturated rings. The smallest absolute Gasteiger partial charge is 0.256 e. The lowest BCUT2D eigenvalue weighted by molar-refractivity contribution is 0.107. The van der Waals surface area contributed by atoms with Gasteiger partial charge in [-0.25, -0.2) is 4.68 Å². The first-order valence-electron chi connectivity index (χ1n) is 4.47. The van der Waals surface area contributed by atoms with Gasteiger partial charge in [-0.15, -0.1) is 5.10 Å². The number of hydrogen-bond acceptors (Lipinski definition) is 4. The first kappa shape index (κ1) is 10.6. The summed E-state index contributed by atoms with van der Waals surface area (Å²) < 4.78 is 6.56. The van der Waals surface area contributed by atoms with Crippen LogP contribution in [0.4, 0.5) is 0 Å². The Bertz CT molecular complexity index is 511. The quantitative estimate of drug-likeness (QED) is 0.762. The summed E-state index contributed by atoms with van der Waals surface area (Å²) >= 11 is 5.46. The second kappa shape index (κ2) is 4.32. The molecule has 2 aromatic rings. The standard InChI is InChI=1S/C10H8ClN3O2/c1-16-9-3-2-7(6-8(9)10(11)15)14-5-4-12-13-14/h2-6H,1H3. The van der Waals surface area contributed by atoms with Crippen molar-refractivity contribution in [3.63, 3.8) is 0 Å². The highest BCUT2D eigenvalue weighted by atomic mass is 35.5. The van der Waals surface area contributed by atoms with E-state index < -0.39 is 5.24 Å². The first-order chi connectivity index (χ1) is 7.72. The minimum Gasteiger partial charge on any atom is -0.496 e. The Labute approximate surface area is 96.6 Å². The number of hydrogen-bond donors (Lipinski definition) is 0. The summed E-state index contributed by atoms with van der Waals surface area (Å²) in [7, 11) is 1.48. The van der Waals surface area contributed by atoms with E-state index in [2.05, 4.69) is 10.3 Å². The van der Waals surface area contributed by atoms with Crippen LogP contribution in [0.25, 0.3) is 5.69 Å². The number of carbonyl (C=O) groups is 1. The van der Waals surface area contributed by atoms with Gasteiger partial charge in [-0.1, -0.05) is 5.21 Å². The van der Waals surface area contributed by atoms with E-state index >= 15 is 0 Å². The fourth-order valence-electron chi connectivity index (χ4n) is 1.34. The number of benzene rings is 1. The second-order valence-electron chi connectivity index (χ2n) is 3.01. The Morgan fingerprint density at radius 2 is 2.31 bits per heavy atom. The molecule has 0 aliphatic heterocycles. The first-order valence-corrected chi connectivity index (χ1v) is 4.84. The zero-order valence-corrected chi connectivity index (χ0v) is 9.18. The largest absolute Gasteiger partial charge is 0.496 e. The van der Waals surface area contributed by atoms with Gasteiger partial charge in [0.1, 0.15) is 5.75 Å². The molecule has 82 valence electrons. The molecule has 0 spiro atoms. The zero-order chi connectivity index (χ0) is 11.5. The summed E-state index contributed by atoms with van der Waals surface area (Å²) in [6.45, 7) is 0. The molecule has 0 saturated heterocycles. The fourth-order valence-corrected chi connectivity index (χ4v) is 1.49. The number of rotatable bonds is 3. The van der Waals surface area contributed by atoms with Crippen molar-refractivity contribution in [2.45, 2.75) is 0 Å². The average Bonchev–Trinajstić information content (AvgIpc) is 2.81. The lowest BCUT2D eigenvalue weighted by atomic mass is 10.2. The number of aromatic nitrogens is 3. The highest BCUT2D eigenvalue weighted by Gasteiger charge is 2.11. The van der Waals surface area contributed by atoms with Gasteiger partial charge in [-0.05, 0) is 29.8 Å². The molecular weight excluding hydrogens is 230 g/mol. The molecule has 0 aliphatic carbocycles. The van der Waals surface area contributed by atoms with E-state index in [-0.39, 0.29) is 0 Å². The molecular formula is C10H8ClN3O2. The second-order valence-corrected chi connectivity index (χ2v) is 3.35. The minimum absolute atomic E-state index is 0.303. The molecule has 6 heteroatoms. The lowest BCUT2D eigenvalue weighted by Gasteiger charge is -2.07. The Balaban J connectivity index is 2.51. The van der Waals surface area contributed by atoms with Gasteiger partial charge in [0, 0.05) is 0 Å². The monoisotopic (exact) mass is 237 g/mol. The number of ether oxygens (including phenoxy) is 1. The Kier molecular flexibility index (Phi) is 2.87. The molecule has 0 saturated carbocycles. The van der Waals surface area contributed by atoms with Crippen LogP contribution in [0.1, 0.15) is 10.4 Å². The highest BCUT2D eigenvalue weighted by molar-refractivity contribution is 6.68. The van der Waals surface area contributed by atoms with Crippen molar-refractivity contribution >= 4 is 16.8 Å². The summed E-state index contributed by atoms with van der Waals surface area (Å²) in [5, 5.41) is 6.92. The number of carbonyl (C=O) groups excluding carboxylic acids is 1. The third-order valence-electron chi connectivity index (χ3n) is 2.08. The van der Waals surface area contributed by atoms with Crippen molar-refractivity contribution < 1.29 is 9.53 Å². The van der Waals surface area contributed by atoms with Crippen LogP contribution in [-0.4, -0.2) is 27.3 Å². The predicted molar refractivity (Wildman–Crippen MR) is 58.1 cm³/mol. The molecule has 0 bridgehead atoms. The summed E-state index contributed by atoms with van der Waals surface area (Å²) in [4.78, 5) is 11.2. The molecule has 1 aromatic heterocycles. The van der Waals surface area contributed by atoms with Crippen LogP contribution in [0, 0.1) is 0 Å². The van der Waals surface area contributed by atoms with Gasteiger partial charge in [0.15, 0.2) is 0 Å².